The molecule has 0 bridgehead atoms. The number of allylic oxidation sites excluding steroid dienone is 4. The third kappa shape index (κ3) is 4.53. The number of rotatable bonds is 7. The van der Waals surface area contributed by atoms with E-state index in [-0.39, 0.29) is 12.4 Å². The molecule has 124 valence electrons. The standard InChI is InChI=1S/C22H23FO/c1-4-5-16(2)6-7-17(3)20-12-13-21(22(23)14-20)19-10-8-18(15-24)9-11-19/h6-14,24H,2-5,15H2,1H3/b7-6-. The summed E-state index contributed by atoms with van der Waals surface area (Å²) >= 11 is 0. The quantitative estimate of drug-likeness (QED) is 0.628. The minimum Gasteiger partial charge on any atom is -0.392 e. The van der Waals surface area contributed by atoms with Crippen molar-refractivity contribution in [3.8, 4) is 11.1 Å². The molecule has 0 amide bonds. The fourth-order valence-corrected chi connectivity index (χ4v) is 2.46. The highest BCUT2D eigenvalue weighted by molar-refractivity contribution is 5.75. The van der Waals surface area contributed by atoms with E-state index >= 15 is 0 Å². The molecule has 24 heavy (non-hydrogen) atoms. The molecule has 2 aromatic carbocycles. The Morgan fingerprint density at radius 2 is 1.79 bits per heavy atom. The van der Waals surface area contributed by atoms with Crippen LogP contribution in [0.1, 0.15) is 30.9 Å². The molecule has 0 unspecified atom stereocenters. The Balaban J connectivity index is 2.19. The lowest BCUT2D eigenvalue weighted by molar-refractivity contribution is 0.282. The fourth-order valence-electron chi connectivity index (χ4n) is 2.46. The number of hydrogen-bond acceptors (Lipinski definition) is 1. The summed E-state index contributed by atoms with van der Waals surface area (Å²) < 4.78 is 14.5. The van der Waals surface area contributed by atoms with E-state index in [4.69, 9.17) is 5.11 Å². The summed E-state index contributed by atoms with van der Waals surface area (Å²) in [5.41, 5.74) is 4.68. The van der Waals surface area contributed by atoms with Gasteiger partial charge in [0.1, 0.15) is 5.82 Å². The predicted molar refractivity (Wildman–Crippen MR) is 100.0 cm³/mol. The Morgan fingerprint density at radius 3 is 2.38 bits per heavy atom. The summed E-state index contributed by atoms with van der Waals surface area (Å²) in [6.07, 6.45) is 5.81. The van der Waals surface area contributed by atoms with Gasteiger partial charge in [-0.2, -0.15) is 0 Å². The van der Waals surface area contributed by atoms with Crippen molar-refractivity contribution in [2.45, 2.75) is 26.4 Å². The van der Waals surface area contributed by atoms with Gasteiger partial charge in [-0.1, -0.05) is 80.6 Å². The van der Waals surface area contributed by atoms with Crippen LogP contribution in [0.5, 0.6) is 0 Å². The monoisotopic (exact) mass is 322 g/mol. The minimum absolute atomic E-state index is 0.0167. The molecule has 0 aromatic heterocycles. The van der Waals surface area contributed by atoms with Crippen molar-refractivity contribution in [1.29, 1.82) is 0 Å². The zero-order valence-electron chi connectivity index (χ0n) is 14.1. The van der Waals surface area contributed by atoms with Gasteiger partial charge in [0.05, 0.1) is 6.61 Å². The van der Waals surface area contributed by atoms with Crippen molar-refractivity contribution in [3.63, 3.8) is 0 Å². The van der Waals surface area contributed by atoms with Crippen LogP contribution in [0.2, 0.25) is 0 Å². The summed E-state index contributed by atoms with van der Waals surface area (Å²) in [4.78, 5) is 0. The molecule has 0 saturated heterocycles. The van der Waals surface area contributed by atoms with E-state index in [0.29, 0.717) is 5.56 Å². The molecule has 0 aliphatic heterocycles. The van der Waals surface area contributed by atoms with Crippen LogP contribution in [0.3, 0.4) is 0 Å². The van der Waals surface area contributed by atoms with Crippen LogP contribution >= 0.6 is 0 Å². The van der Waals surface area contributed by atoms with Gasteiger partial charge in [-0.25, -0.2) is 4.39 Å². The molecule has 0 spiro atoms. The van der Waals surface area contributed by atoms with Gasteiger partial charge in [0.15, 0.2) is 0 Å². The Labute approximate surface area is 143 Å². The van der Waals surface area contributed by atoms with Crippen LogP contribution in [0.4, 0.5) is 4.39 Å². The van der Waals surface area contributed by atoms with Gasteiger partial charge < -0.3 is 5.11 Å². The lowest BCUT2D eigenvalue weighted by atomic mass is 9.99. The smallest absolute Gasteiger partial charge is 0.131 e. The van der Waals surface area contributed by atoms with Gasteiger partial charge in [-0.3, -0.25) is 0 Å². The topological polar surface area (TPSA) is 20.2 Å². The predicted octanol–water partition coefficient (Wildman–Crippen LogP) is 5.91. The minimum atomic E-state index is -0.286. The van der Waals surface area contributed by atoms with Gasteiger partial charge in [0.25, 0.3) is 0 Å². The van der Waals surface area contributed by atoms with Crippen molar-refractivity contribution in [2.75, 3.05) is 0 Å². The van der Waals surface area contributed by atoms with Gasteiger partial charge in [-0.05, 0) is 34.8 Å². The molecule has 2 heteroatoms. The maximum atomic E-state index is 14.5. The second-order valence-electron chi connectivity index (χ2n) is 5.82. The zero-order valence-corrected chi connectivity index (χ0v) is 14.1. The molecule has 0 radical (unpaired) electrons. The summed E-state index contributed by atoms with van der Waals surface area (Å²) in [5, 5.41) is 9.08. The van der Waals surface area contributed by atoms with E-state index in [1.165, 1.54) is 6.07 Å². The number of benzene rings is 2. The molecule has 1 N–H and O–H groups in total. The third-order valence-corrected chi connectivity index (χ3v) is 3.88. The summed E-state index contributed by atoms with van der Waals surface area (Å²) in [7, 11) is 0. The van der Waals surface area contributed by atoms with Crippen molar-refractivity contribution in [2.24, 2.45) is 0 Å². The number of hydrogen-bond donors (Lipinski definition) is 1. The summed E-state index contributed by atoms with van der Waals surface area (Å²) in [6, 6.07) is 12.4. The molecule has 0 aliphatic carbocycles. The summed E-state index contributed by atoms with van der Waals surface area (Å²) in [5.74, 6) is -0.286. The highest BCUT2D eigenvalue weighted by Crippen LogP contribution is 2.26. The Bertz CT molecular complexity index is 754. The van der Waals surface area contributed by atoms with Gasteiger partial charge in [-0.15, -0.1) is 0 Å². The van der Waals surface area contributed by atoms with Crippen LogP contribution in [0.25, 0.3) is 16.7 Å². The van der Waals surface area contributed by atoms with Crippen molar-refractivity contribution in [1.82, 2.24) is 0 Å². The van der Waals surface area contributed by atoms with Crippen LogP contribution in [0.15, 0.2) is 73.3 Å². The van der Waals surface area contributed by atoms with Gasteiger partial charge in [0, 0.05) is 5.56 Å². The van der Waals surface area contributed by atoms with E-state index in [1.54, 1.807) is 18.2 Å². The molecule has 0 saturated carbocycles. The van der Waals surface area contributed by atoms with Crippen LogP contribution in [0, 0.1) is 5.82 Å². The molecule has 2 rings (SSSR count). The highest BCUT2D eigenvalue weighted by atomic mass is 19.1. The van der Waals surface area contributed by atoms with Crippen molar-refractivity contribution in [3.05, 3.63) is 90.3 Å². The number of aliphatic hydroxyl groups excluding tert-OH is 1. The van der Waals surface area contributed by atoms with Gasteiger partial charge in [0.2, 0.25) is 0 Å². The number of aliphatic hydroxyl groups is 1. The first-order valence-electron chi connectivity index (χ1n) is 8.10. The molecule has 0 fully saturated rings. The Kier molecular flexibility index (Phi) is 6.28. The van der Waals surface area contributed by atoms with E-state index in [2.05, 4.69) is 20.1 Å². The van der Waals surface area contributed by atoms with Crippen LogP contribution < -0.4 is 0 Å². The summed E-state index contributed by atoms with van der Waals surface area (Å²) in [6.45, 7) is 10.1. The maximum Gasteiger partial charge on any atom is 0.131 e. The van der Waals surface area contributed by atoms with E-state index < -0.39 is 0 Å². The molecular weight excluding hydrogens is 299 g/mol. The SMILES string of the molecule is C=C(/C=C\C(=C)c1ccc(-c2ccc(CO)cc2)c(F)c1)CCC. The van der Waals surface area contributed by atoms with Gasteiger partial charge >= 0.3 is 0 Å². The third-order valence-electron chi connectivity index (χ3n) is 3.88. The van der Waals surface area contributed by atoms with E-state index in [9.17, 15) is 4.39 Å². The lowest BCUT2D eigenvalue weighted by Crippen LogP contribution is -1.89. The largest absolute Gasteiger partial charge is 0.392 e. The average molecular weight is 322 g/mol. The van der Waals surface area contributed by atoms with Crippen molar-refractivity contribution < 1.29 is 9.50 Å². The molecule has 0 atom stereocenters. The highest BCUT2D eigenvalue weighted by Gasteiger charge is 2.07. The second-order valence-corrected chi connectivity index (χ2v) is 5.82. The first-order valence-corrected chi connectivity index (χ1v) is 8.10. The molecule has 1 nitrogen and oxygen atoms in total. The maximum absolute atomic E-state index is 14.5. The van der Waals surface area contributed by atoms with Crippen molar-refractivity contribution >= 4 is 5.57 Å². The lowest BCUT2D eigenvalue weighted by Gasteiger charge is -2.08. The van der Waals surface area contributed by atoms with E-state index in [1.807, 2.05) is 30.4 Å². The molecular formula is C22H23FO. The van der Waals surface area contributed by atoms with E-state index in [0.717, 1.165) is 40.7 Å². The second kappa shape index (κ2) is 8.42. The zero-order chi connectivity index (χ0) is 17.5. The van der Waals surface area contributed by atoms with Crippen LogP contribution in [-0.2, 0) is 6.61 Å². The molecule has 0 heterocycles. The number of halogens is 1. The normalized spacial score (nSPS) is 11.0. The average Bonchev–Trinajstić information content (AvgIpc) is 2.60. The molecule has 0 aliphatic rings. The first kappa shape index (κ1) is 17.9. The Hall–Kier alpha value is -2.45. The molecule has 2 aromatic rings. The Morgan fingerprint density at radius 1 is 1.08 bits per heavy atom. The fraction of sp³-hybridized carbons (Fsp3) is 0.182. The first-order chi connectivity index (χ1) is 11.5. The van der Waals surface area contributed by atoms with Crippen LogP contribution in [-0.4, -0.2) is 5.11 Å².